The summed E-state index contributed by atoms with van der Waals surface area (Å²) in [4.78, 5) is 10.9. The van der Waals surface area contributed by atoms with Crippen molar-refractivity contribution in [1.82, 2.24) is 0 Å². The van der Waals surface area contributed by atoms with Crippen LogP contribution in [-0.2, 0) is 56.9 Å². The first-order valence-electron chi connectivity index (χ1n) is 19.2. The van der Waals surface area contributed by atoms with Gasteiger partial charge in [0.2, 0.25) is 0 Å². The second-order valence-corrected chi connectivity index (χ2v) is 11.7. The summed E-state index contributed by atoms with van der Waals surface area (Å²) in [5.74, 6) is -0.281. The van der Waals surface area contributed by atoms with Gasteiger partial charge in [-0.25, -0.2) is 0 Å². The Morgan fingerprint density at radius 3 is 0.796 bits per heavy atom. The van der Waals surface area contributed by atoms with Gasteiger partial charge in [-0.2, -0.15) is 0 Å². The van der Waals surface area contributed by atoms with Gasteiger partial charge in [-0.1, -0.05) is 84.0 Å². The first-order chi connectivity index (χ1) is 24.3. The smallest absolute Gasteiger partial charge is 0.307 e. The maximum absolute atomic E-state index is 10.9. The highest BCUT2D eigenvalue weighted by molar-refractivity contribution is 5.69. The standard InChI is InChI=1S/C37H74O12/c1-3-4-5-6-7-8-9-10-11-12-13-14-15-17-40-19-21-42-23-25-44-27-29-46-31-33-48-35-36-49-34-32-47-30-28-45-26-24-43-22-20-41-18-16-37(38)39-2/h3-36H2,1-2H3. The van der Waals surface area contributed by atoms with E-state index in [2.05, 4.69) is 11.7 Å². The Morgan fingerprint density at radius 2 is 0.531 bits per heavy atom. The number of rotatable bonds is 44. The Bertz CT molecular complexity index is 614. The monoisotopic (exact) mass is 711 g/mol. The maximum atomic E-state index is 10.9. The molecule has 0 aromatic rings. The van der Waals surface area contributed by atoms with Crippen LogP contribution in [-0.4, -0.2) is 145 Å². The van der Waals surface area contributed by atoms with Gasteiger partial charge in [-0.05, 0) is 6.42 Å². The van der Waals surface area contributed by atoms with E-state index >= 15 is 0 Å². The molecule has 0 aliphatic carbocycles. The fourth-order valence-corrected chi connectivity index (χ4v) is 4.56. The summed E-state index contributed by atoms with van der Waals surface area (Å²) in [6.45, 7) is 12.8. The van der Waals surface area contributed by atoms with Crippen LogP contribution in [0.3, 0.4) is 0 Å². The molecule has 0 unspecified atom stereocenters. The summed E-state index contributed by atoms with van der Waals surface area (Å²) >= 11 is 0. The molecule has 0 bridgehead atoms. The molecule has 12 heteroatoms. The van der Waals surface area contributed by atoms with Crippen molar-refractivity contribution in [1.29, 1.82) is 0 Å². The zero-order chi connectivity index (χ0) is 35.4. The summed E-state index contributed by atoms with van der Waals surface area (Å²) in [5, 5.41) is 0. The summed E-state index contributed by atoms with van der Waals surface area (Å²) in [7, 11) is 1.36. The Labute approximate surface area is 298 Å². The van der Waals surface area contributed by atoms with Crippen LogP contribution in [0.25, 0.3) is 0 Å². The second kappa shape index (κ2) is 45.1. The van der Waals surface area contributed by atoms with Crippen molar-refractivity contribution in [3.05, 3.63) is 0 Å². The third kappa shape index (κ3) is 45.0. The van der Waals surface area contributed by atoms with Crippen molar-refractivity contribution in [2.75, 3.05) is 139 Å². The van der Waals surface area contributed by atoms with Crippen LogP contribution in [0.15, 0.2) is 0 Å². The lowest BCUT2D eigenvalue weighted by Gasteiger charge is -2.09. The molecule has 294 valence electrons. The van der Waals surface area contributed by atoms with Crippen molar-refractivity contribution in [3.63, 3.8) is 0 Å². The first kappa shape index (κ1) is 48.1. The molecule has 0 N–H and O–H groups in total. The molecule has 49 heavy (non-hydrogen) atoms. The van der Waals surface area contributed by atoms with Gasteiger partial charge in [0.25, 0.3) is 0 Å². The van der Waals surface area contributed by atoms with Crippen LogP contribution < -0.4 is 0 Å². The number of esters is 1. The molecule has 0 rings (SSSR count). The number of hydrogen-bond acceptors (Lipinski definition) is 12. The van der Waals surface area contributed by atoms with E-state index in [1.54, 1.807) is 0 Å². The molecular formula is C37H74O12. The van der Waals surface area contributed by atoms with Crippen molar-refractivity contribution >= 4 is 5.97 Å². The van der Waals surface area contributed by atoms with Crippen molar-refractivity contribution in [2.24, 2.45) is 0 Å². The highest BCUT2D eigenvalue weighted by atomic mass is 16.6. The quantitative estimate of drug-likeness (QED) is 0.0561. The zero-order valence-corrected chi connectivity index (χ0v) is 31.4. The van der Waals surface area contributed by atoms with E-state index in [9.17, 15) is 4.79 Å². The van der Waals surface area contributed by atoms with Gasteiger partial charge in [0.15, 0.2) is 0 Å². The lowest BCUT2D eigenvalue weighted by atomic mass is 10.0. The van der Waals surface area contributed by atoms with Gasteiger partial charge in [-0.15, -0.1) is 0 Å². The largest absolute Gasteiger partial charge is 0.469 e. The summed E-state index contributed by atoms with van der Waals surface area (Å²) in [5.41, 5.74) is 0. The number of carbonyl (C=O) groups excluding carboxylic acids is 1. The number of ether oxygens (including phenoxy) is 11. The van der Waals surface area contributed by atoms with Crippen molar-refractivity contribution in [2.45, 2.75) is 96.8 Å². The highest BCUT2D eigenvalue weighted by Gasteiger charge is 2.00. The van der Waals surface area contributed by atoms with Gasteiger partial charge in [0, 0.05) is 6.61 Å². The van der Waals surface area contributed by atoms with E-state index in [1.807, 2.05) is 0 Å². The fourth-order valence-electron chi connectivity index (χ4n) is 4.56. The third-order valence-corrected chi connectivity index (χ3v) is 7.42. The van der Waals surface area contributed by atoms with E-state index in [0.717, 1.165) is 13.0 Å². The number of hydrogen-bond donors (Lipinski definition) is 0. The molecule has 0 atom stereocenters. The van der Waals surface area contributed by atoms with Crippen LogP contribution in [0, 0.1) is 0 Å². The van der Waals surface area contributed by atoms with E-state index in [1.165, 1.54) is 84.2 Å². The first-order valence-corrected chi connectivity index (χ1v) is 19.2. The minimum atomic E-state index is -0.281. The normalized spacial score (nSPS) is 11.5. The molecule has 0 spiro atoms. The molecule has 0 amide bonds. The van der Waals surface area contributed by atoms with Crippen LogP contribution in [0.1, 0.15) is 96.8 Å². The molecule has 0 radical (unpaired) electrons. The average molecular weight is 711 g/mol. The molecule has 0 aromatic carbocycles. The number of carbonyl (C=O) groups is 1. The van der Waals surface area contributed by atoms with Crippen molar-refractivity contribution in [3.8, 4) is 0 Å². The van der Waals surface area contributed by atoms with Gasteiger partial charge >= 0.3 is 5.97 Å². The predicted octanol–water partition coefficient (Wildman–Crippen LogP) is 5.81. The maximum Gasteiger partial charge on any atom is 0.307 e. The Morgan fingerprint density at radius 1 is 0.306 bits per heavy atom. The molecule has 0 aliphatic rings. The lowest BCUT2D eigenvalue weighted by molar-refractivity contribution is -0.141. The summed E-state index contributed by atoms with van der Waals surface area (Å²) in [6.07, 6.45) is 18.0. The van der Waals surface area contributed by atoms with E-state index < -0.39 is 0 Å². The van der Waals surface area contributed by atoms with Crippen molar-refractivity contribution < 1.29 is 56.9 Å². The van der Waals surface area contributed by atoms with E-state index in [-0.39, 0.29) is 12.4 Å². The molecule has 0 aliphatic heterocycles. The minimum Gasteiger partial charge on any atom is -0.469 e. The topological polar surface area (TPSA) is 119 Å². The minimum absolute atomic E-state index is 0.249. The van der Waals surface area contributed by atoms with Gasteiger partial charge in [0.05, 0.1) is 139 Å². The molecule has 0 saturated heterocycles. The Kier molecular flexibility index (Phi) is 44.2. The molecule has 0 heterocycles. The fraction of sp³-hybridized carbons (Fsp3) is 0.973. The molecule has 0 fully saturated rings. The predicted molar refractivity (Wildman–Crippen MR) is 191 cm³/mol. The highest BCUT2D eigenvalue weighted by Crippen LogP contribution is 2.12. The third-order valence-electron chi connectivity index (χ3n) is 7.42. The Balaban J connectivity index is 3.05. The zero-order valence-electron chi connectivity index (χ0n) is 31.4. The van der Waals surface area contributed by atoms with Gasteiger partial charge in [0.1, 0.15) is 0 Å². The summed E-state index contributed by atoms with van der Waals surface area (Å²) < 4.78 is 59.3. The van der Waals surface area contributed by atoms with E-state index in [0.29, 0.717) is 126 Å². The van der Waals surface area contributed by atoms with Gasteiger partial charge in [-0.3, -0.25) is 4.79 Å². The van der Waals surface area contributed by atoms with Gasteiger partial charge < -0.3 is 52.1 Å². The number of methoxy groups -OCH3 is 1. The second-order valence-electron chi connectivity index (χ2n) is 11.7. The van der Waals surface area contributed by atoms with Crippen LogP contribution in [0.5, 0.6) is 0 Å². The van der Waals surface area contributed by atoms with E-state index in [4.69, 9.17) is 47.4 Å². The van der Waals surface area contributed by atoms with Crippen LogP contribution >= 0.6 is 0 Å². The summed E-state index contributed by atoms with van der Waals surface area (Å²) in [6, 6.07) is 0. The average Bonchev–Trinajstić information content (AvgIpc) is 3.11. The molecule has 0 saturated carbocycles. The number of unbranched alkanes of at least 4 members (excludes halogenated alkanes) is 12. The molecule has 0 aromatic heterocycles. The lowest BCUT2D eigenvalue weighted by Crippen LogP contribution is -2.15. The molecular weight excluding hydrogens is 636 g/mol. The van der Waals surface area contributed by atoms with Crippen LogP contribution in [0.4, 0.5) is 0 Å². The molecule has 12 nitrogen and oxygen atoms in total. The SMILES string of the molecule is CCCCCCCCCCCCCCCOCCOCCOCCOCCOCCOCCOCCOCCOCCOCCC(=O)OC. The van der Waals surface area contributed by atoms with Crippen LogP contribution in [0.2, 0.25) is 0 Å². The Hall–Kier alpha value is -0.930.